The van der Waals surface area contributed by atoms with Crippen LogP contribution in [-0.4, -0.2) is 34.9 Å². The topological polar surface area (TPSA) is 61.4 Å². The van der Waals surface area contributed by atoms with E-state index in [1.807, 2.05) is 4.90 Å². The Labute approximate surface area is 156 Å². The lowest BCUT2D eigenvalue weighted by atomic mass is 10.2. The smallest absolute Gasteiger partial charge is 0.257 e. The number of amides is 2. The number of carbonyl (C=O) groups excluding carboxylic acids is 2. The Morgan fingerprint density at radius 1 is 1.00 bits per heavy atom. The summed E-state index contributed by atoms with van der Waals surface area (Å²) in [5, 5.41) is 5.53. The molecule has 0 spiro atoms. The summed E-state index contributed by atoms with van der Waals surface area (Å²) >= 11 is 5.14. The minimum atomic E-state index is -0.438. The zero-order valence-corrected chi connectivity index (χ0v) is 14.8. The highest BCUT2D eigenvalue weighted by Crippen LogP contribution is 2.16. The Morgan fingerprint density at radius 2 is 1.69 bits per heavy atom. The average molecular weight is 371 g/mol. The maximum absolute atomic E-state index is 12.9. The number of nitrogens with one attached hydrogen (secondary N) is 2. The van der Waals surface area contributed by atoms with Crippen LogP contribution in [0.3, 0.4) is 0 Å². The Bertz CT molecular complexity index is 833. The van der Waals surface area contributed by atoms with Crippen molar-refractivity contribution in [2.24, 2.45) is 0 Å². The van der Waals surface area contributed by atoms with Gasteiger partial charge in [0.2, 0.25) is 0 Å². The van der Waals surface area contributed by atoms with Crippen LogP contribution < -0.4 is 10.6 Å². The van der Waals surface area contributed by atoms with Crippen molar-refractivity contribution in [3.05, 3.63) is 65.5 Å². The lowest BCUT2D eigenvalue weighted by Gasteiger charge is -2.16. The molecule has 3 rings (SSSR count). The number of hydrogen-bond acceptors (Lipinski definition) is 3. The largest absolute Gasteiger partial charge is 0.339 e. The summed E-state index contributed by atoms with van der Waals surface area (Å²) in [4.78, 5) is 26.4. The number of rotatable bonds is 3. The van der Waals surface area contributed by atoms with Crippen LogP contribution in [-0.2, 0) is 0 Å². The van der Waals surface area contributed by atoms with E-state index in [2.05, 4.69) is 10.6 Å². The molecule has 5 nitrogen and oxygen atoms in total. The second kappa shape index (κ2) is 8.05. The molecule has 1 fully saturated rings. The van der Waals surface area contributed by atoms with Gasteiger partial charge in [0, 0.05) is 29.9 Å². The van der Waals surface area contributed by atoms with E-state index in [9.17, 15) is 14.0 Å². The van der Waals surface area contributed by atoms with E-state index in [0.717, 1.165) is 25.9 Å². The number of nitrogens with zero attached hydrogens (tertiary/aromatic N) is 1. The molecule has 1 heterocycles. The highest BCUT2D eigenvalue weighted by atomic mass is 32.1. The van der Waals surface area contributed by atoms with Gasteiger partial charge in [-0.1, -0.05) is 6.07 Å². The van der Waals surface area contributed by atoms with Gasteiger partial charge in [0.25, 0.3) is 11.8 Å². The molecule has 0 aromatic heterocycles. The minimum absolute atomic E-state index is 0.00702. The normalized spacial score (nSPS) is 13.3. The van der Waals surface area contributed by atoms with Crippen LogP contribution in [0, 0.1) is 5.82 Å². The minimum Gasteiger partial charge on any atom is -0.339 e. The first-order valence-corrected chi connectivity index (χ1v) is 8.71. The van der Waals surface area contributed by atoms with Gasteiger partial charge in [0.1, 0.15) is 5.82 Å². The second-order valence-corrected chi connectivity index (χ2v) is 6.40. The quantitative estimate of drug-likeness (QED) is 0.814. The first kappa shape index (κ1) is 18.0. The Kier molecular flexibility index (Phi) is 5.58. The average Bonchev–Trinajstić information content (AvgIpc) is 3.16. The van der Waals surface area contributed by atoms with Gasteiger partial charge in [-0.25, -0.2) is 4.39 Å². The van der Waals surface area contributed by atoms with Gasteiger partial charge >= 0.3 is 0 Å². The second-order valence-electron chi connectivity index (χ2n) is 6.00. The van der Waals surface area contributed by atoms with Gasteiger partial charge in [0.05, 0.1) is 0 Å². The van der Waals surface area contributed by atoms with E-state index < -0.39 is 11.7 Å². The molecule has 0 bridgehead atoms. The summed E-state index contributed by atoms with van der Waals surface area (Å²) in [6, 6.07) is 12.2. The van der Waals surface area contributed by atoms with Crippen LogP contribution in [0.1, 0.15) is 33.6 Å². The Morgan fingerprint density at radius 3 is 2.38 bits per heavy atom. The Balaban J connectivity index is 1.62. The fraction of sp³-hybridized carbons (Fsp3) is 0.211. The molecular formula is C19H18FN3O2S. The van der Waals surface area contributed by atoms with E-state index in [4.69, 9.17) is 12.2 Å². The van der Waals surface area contributed by atoms with Crippen molar-refractivity contribution in [2.45, 2.75) is 12.8 Å². The van der Waals surface area contributed by atoms with Crippen molar-refractivity contribution in [1.82, 2.24) is 10.2 Å². The monoisotopic (exact) mass is 371 g/mol. The predicted octanol–water partition coefficient (Wildman–Crippen LogP) is 3.19. The summed E-state index contributed by atoms with van der Waals surface area (Å²) in [5.74, 6) is -0.860. The van der Waals surface area contributed by atoms with Crippen molar-refractivity contribution in [3.8, 4) is 0 Å². The summed E-state index contributed by atoms with van der Waals surface area (Å²) in [6.45, 7) is 1.56. The van der Waals surface area contributed by atoms with Crippen molar-refractivity contribution in [3.63, 3.8) is 0 Å². The van der Waals surface area contributed by atoms with Gasteiger partial charge in [-0.15, -0.1) is 0 Å². The number of halogens is 1. The van der Waals surface area contributed by atoms with Gasteiger partial charge < -0.3 is 10.2 Å². The molecule has 1 aliphatic heterocycles. The molecule has 2 aromatic rings. The summed E-state index contributed by atoms with van der Waals surface area (Å²) in [7, 11) is 0. The highest BCUT2D eigenvalue weighted by molar-refractivity contribution is 7.80. The van der Waals surface area contributed by atoms with E-state index in [-0.39, 0.29) is 11.0 Å². The van der Waals surface area contributed by atoms with E-state index in [1.165, 1.54) is 24.3 Å². The molecule has 2 aromatic carbocycles. The summed E-state index contributed by atoms with van der Waals surface area (Å²) < 4.78 is 12.9. The fourth-order valence-electron chi connectivity index (χ4n) is 2.77. The zero-order valence-electron chi connectivity index (χ0n) is 14.0. The van der Waals surface area contributed by atoms with Crippen LogP contribution >= 0.6 is 12.2 Å². The third-order valence-corrected chi connectivity index (χ3v) is 4.30. The molecule has 1 aliphatic rings. The number of benzene rings is 2. The zero-order chi connectivity index (χ0) is 18.5. The van der Waals surface area contributed by atoms with Crippen molar-refractivity contribution in [1.29, 1.82) is 0 Å². The first-order valence-electron chi connectivity index (χ1n) is 8.30. The molecule has 7 heteroatoms. The van der Waals surface area contributed by atoms with Crippen LogP contribution in [0.25, 0.3) is 0 Å². The van der Waals surface area contributed by atoms with Gasteiger partial charge in [-0.2, -0.15) is 0 Å². The number of thiocarbonyl (C=S) groups is 1. The number of carbonyl (C=O) groups is 2. The fourth-order valence-corrected chi connectivity index (χ4v) is 2.98. The number of likely N-dealkylation sites (tertiary alicyclic amines) is 1. The third kappa shape index (κ3) is 4.43. The molecule has 134 valence electrons. The molecule has 0 radical (unpaired) electrons. The van der Waals surface area contributed by atoms with E-state index in [0.29, 0.717) is 16.8 Å². The molecular weight excluding hydrogens is 353 g/mol. The van der Waals surface area contributed by atoms with Gasteiger partial charge in [0.15, 0.2) is 5.11 Å². The predicted molar refractivity (Wildman–Crippen MR) is 102 cm³/mol. The van der Waals surface area contributed by atoms with Gasteiger partial charge in [-0.05, 0) is 67.5 Å². The molecule has 2 N–H and O–H groups in total. The van der Waals surface area contributed by atoms with Crippen LogP contribution in [0.2, 0.25) is 0 Å². The van der Waals surface area contributed by atoms with Gasteiger partial charge in [-0.3, -0.25) is 14.9 Å². The molecule has 26 heavy (non-hydrogen) atoms. The molecule has 0 unspecified atom stereocenters. The maximum atomic E-state index is 12.9. The lowest BCUT2D eigenvalue weighted by Crippen LogP contribution is -2.34. The lowest BCUT2D eigenvalue weighted by molar-refractivity contribution is 0.0792. The van der Waals surface area contributed by atoms with Crippen molar-refractivity contribution in [2.75, 3.05) is 18.4 Å². The maximum Gasteiger partial charge on any atom is 0.257 e. The SMILES string of the molecule is O=C(NC(=S)Nc1cccc(C(=O)N2CCCC2)c1)c1ccc(F)cc1. The third-order valence-electron chi connectivity index (χ3n) is 4.09. The van der Waals surface area contributed by atoms with E-state index in [1.54, 1.807) is 24.3 Å². The van der Waals surface area contributed by atoms with Crippen molar-refractivity contribution < 1.29 is 14.0 Å². The van der Waals surface area contributed by atoms with Crippen molar-refractivity contribution >= 4 is 34.8 Å². The molecule has 2 amide bonds. The number of hydrogen-bond donors (Lipinski definition) is 2. The molecule has 0 aliphatic carbocycles. The highest BCUT2D eigenvalue weighted by Gasteiger charge is 2.19. The van der Waals surface area contributed by atoms with Crippen LogP contribution in [0.15, 0.2) is 48.5 Å². The summed E-state index contributed by atoms with van der Waals surface area (Å²) in [5.41, 5.74) is 1.48. The Hall–Kier alpha value is -2.80. The number of anilines is 1. The summed E-state index contributed by atoms with van der Waals surface area (Å²) in [6.07, 6.45) is 2.06. The van der Waals surface area contributed by atoms with Crippen LogP contribution in [0.4, 0.5) is 10.1 Å². The molecule has 1 saturated heterocycles. The van der Waals surface area contributed by atoms with Crippen LogP contribution in [0.5, 0.6) is 0 Å². The first-order chi connectivity index (χ1) is 12.5. The van der Waals surface area contributed by atoms with E-state index >= 15 is 0 Å². The standard InChI is InChI=1S/C19H18FN3O2S/c20-15-8-6-13(7-9-15)17(24)22-19(26)21-16-5-3-4-14(12-16)18(25)23-10-1-2-11-23/h3-9,12H,1-2,10-11H2,(H2,21,22,24,26). The molecule has 0 saturated carbocycles. The molecule has 0 atom stereocenters.